The van der Waals surface area contributed by atoms with E-state index in [1.165, 1.54) is 122 Å². The molecule has 0 aromatic carbocycles. The maximum atomic E-state index is 5.53. The Hall–Kier alpha value is 0.0569. The van der Waals surface area contributed by atoms with Crippen molar-refractivity contribution in [3.05, 3.63) is 0 Å². The predicted molar refractivity (Wildman–Crippen MR) is 147 cm³/mol. The smallest absolute Gasteiger partial charge is 0.377 e. The summed E-state index contributed by atoms with van der Waals surface area (Å²) in [5.41, 5.74) is 0. The molecule has 0 aromatic heterocycles. The van der Waals surface area contributed by atoms with Gasteiger partial charge in [-0.15, -0.1) is 0 Å². The molecule has 0 amide bonds. The van der Waals surface area contributed by atoms with Crippen LogP contribution in [0, 0.1) is 0 Å². The summed E-state index contributed by atoms with van der Waals surface area (Å²) in [7, 11) is 7.23. The molecule has 0 saturated heterocycles. The molecule has 0 saturated carbocycles. The first kappa shape index (κ1) is 33.1. The van der Waals surface area contributed by atoms with Gasteiger partial charge in [0.15, 0.2) is 0 Å². The van der Waals surface area contributed by atoms with Crippen LogP contribution in [0.15, 0.2) is 0 Å². The number of hydrogen-bond acceptors (Lipinski definition) is 4. The summed E-state index contributed by atoms with van der Waals surface area (Å²) in [6.07, 6.45) is 27.9. The topological polar surface area (TPSA) is 30.9 Å². The maximum Gasteiger partial charge on any atom is 0.500 e. The van der Waals surface area contributed by atoms with E-state index in [-0.39, 0.29) is 0 Å². The second-order valence-corrected chi connectivity index (χ2v) is 13.3. The Morgan fingerprint density at radius 1 is 0.515 bits per heavy atom. The fourth-order valence-corrected chi connectivity index (χ4v) is 6.66. The summed E-state index contributed by atoms with van der Waals surface area (Å²) in [6.45, 7) is 2.30. The molecule has 0 aliphatic carbocycles. The molecule has 0 radical (unpaired) electrons. The minimum Gasteiger partial charge on any atom is -0.377 e. The van der Waals surface area contributed by atoms with Gasteiger partial charge in [-0.25, -0.2) is 0 Å². The van der Waals surface area contributed by atoms with E-state index in [1.807, 2.05) is 0 Å². The van der Waals surface area contributed by atoms with Gasteiger partial charge in [-0.2, -0.15) is 0 Å². The highest BCUT2D eigenvalue weighted by Crippen LogP contribution is 2.20. The van der Waals surface area contributed by atoms with Crippen molar-refractivity contribution in [2.45, 2.75) is 147 Å². The van der Waals surface area contributed by atoms with Crippen LogP contribution in [0.1, 0.15) is 135 Å². The Morgan fingerprint density at radius 2 is 0.848 bits per heavy atom. The Kier molecular flexibility index (Phi) is 23.8. The third kappa shape index (κ3) is 19.0. The lowest BCUT2D eigenvalue weighted by atomic mass is 10.00. The summed E-state index contributed by atoms with van der Waals surface area (Å²) in [6, 6.07) is 1.64. The number of hydrogen-bond donors (Lipinski definition) is 0. The van der Waals surface area contributed by atoms with E-state index >= 15 is 0 Å². The molecule has 0 aliphatic heterocycles. The molecule has 5 heteroatoms. The van der Waals surface area contributed by atoms with Crippen molar-refractivity contribution in [2.75, 3.05) is 35.4 Å². The predicted octanol–water partition coefficient (Wildman–Crippen LogP) is 8.62. The van der Waals surface area contributed by atoms with Gasteiger partial charge >= 0.3 is 8.80 Å². The fourth-order valence-electron chi connectivity index (χ4n) is 4.87. The van der Waals surface area contributed by atoms with Crippen LogP contribution in [0.5, 0.6) is 0 Å². The number of rotatable bonds is 26. The monoisotopic (exact) mass is 487 g/mol. The van der Waals surface area contributed by atoms with E-state index in [0.717, 1.165) is 18.5 Å². The molecule has 0 spiro atoms. The van der Waals surface area contributed by atoms with Crippen molar-refractivity contribution in [1.29, 1.82) is 0 Å². The zero-order valence-electron chi connectivity index (χ0n) is 23.6. The minimum absolute atomic E-state index is 0.723. The molecule has 4 nitrogen and oxygen atoms in total. The normalized spacial score (nSPS) is 13.2. The molecule has 0 aliphatic rings. The van der Waals surface area contributed by atoms with Crippen molar-refractivity contribution in [1.82, 2.24) is 4.90 Å². The van der Waals surface area contributed by atoms with E-state index in [9.17, 15) is 0 Å². The van der Waals surface area contributed by atoms with Crippen molar-refractivity contribution in [3.8, 4) is 0 Å². The van der Waals surface area contributed by atoms with E-state index in [0.29, 0.717) is 0 Å². The molecule has 0 N–H and O–H groups in total. The maximum absolute atomic E-state index is 5.53. The molecule has 1 unspecified atom stereocenters. The highest BCUT2D eigenvalue weighted by Gasteiger charge is 2.36. The van der Waals surface area contributed by atoms with Crippen LogP contribution in [0.25, 0.3) is 0 Å². The molecular weight excluding hydrogens is 426 g/mol. The quantitative estimate of drug-likeness (QED) is 0.0902. The first-order chi connectivity index (χ1) is 16.0. The first-order valence-electron chi connectivity index (χ1n) is 14.4. The lowest BCUT2D eigenvalue weighted by Gasteiger charge is -2.25. The van der Waals surface area contributed by atoms with E-state index in [1.54, 1.807) is 21.3 Å². The third-order valence-electron chi connectivity index (χ3n) is 7.32. The van der Waals surface area contributed by atoms with E-state index < -0.39 is 8.80 Å². The Balaban J connectivity index is 3.59. The van der Waals surface area contributed by atoms with Crippen molar-refractivity contribution < 1.29 is 13.3 Å². The van der Waals surface area contributed by atoms with Gasteiger partial charge in [-0.3, -0.25) is 0 Å². The molecule has 200 valence electrons. The van der Waals surface area contributed by atoms with Crippen molar-refractivity contribution in [2.24, 2.45) is 0 Å². The lowest BCUT2D eigenvalue weighted by Crippen LogP contribution is -2.42. The molecule has 0 bridgehead atoms. The molecular formula is C28H61NO3Si. The zero-order chi connectivity index (χ0) is 24.6. The van der Waals surface area contributed by atoms with Crippen LogP contribution in [0.4, 0.5) is 0 Å². The van der Waals surface area contributed by atoms with Gasteiger partial charge in [0.05, 0.1) is 0 Å². The summed E-state index contributed by atoms with van der Waals surface area (Å²) >= 11 is 0. The molecule has 0 heterocycles. The van der Waals surface area contributed by atoms with Gasteiger partial charge in [0, 0.05) is 33.4 Å². The number of nitrogens with zero attached hydrogens (tertiary/aromatic N) is 1. The molecule has 0 aromatic rings. The average molecular weight is 488 g/mol. The second-order valence-electron chi connectivity index (χ2n) is 10.3. The van der Waals surface area contributed by atoms with Gasteiger partial charge in [0.2, 0.25) is 0 Å². The van der Waals surface area contributed by atoms with Crippen LogP contribution < -0.4 is 0 Å². The van der Waals surface area contributed by atoms with Gasteiger partial charge < -0.3 is 18.2 Å². The van der Waals surface area contributed by atoms with Crippen LogP contribution in [0.2, 0.25) is 6.04 Å². The van der Waals surface area contributed by atoms with E-state index in [2.05, 4.69) is 25.9 Å². The average Bonchev–Trinajstić information content (AvgIpc) is 2.82. The Morgan fingerprint density at radius 3 is 1.18 bits per heavy atom. The Labute approximate surface area is 209 Å². The van der Waals surface area contributed by atoms with Crippen LogP contribution in [0.3, 0.4) is 0 Å². The summed E-state index contributed by atoms with van der Waals surface area (Å²) < 4.78 is 16.6. The van der Waals surface area contributed by atoms with Crippen molar-refractivity contribution >= 4 is 8.80 Å². The molecule has 1 atom stereocenters. The standard InChI is InChI=1S/C28H61NO3Si/c1-7-8-9-10-11-12-13-14-15-16-17-18-19-20-22-25-28(29(2)3)26-23-21-24-27-33(30-4,31-5)32-6/h28H,7-27H2,1-6H3. The second kappa shape index (κ2) is 23.8. The Bertz CT molecular complexity index is 383. The minimum atomic E-state index is -2.38. The van der Waals surface area contributed by atoms with Crippen LogP contribution in [-0.4, -0.2) is 55.2 Å². The molecule has 0 rings (SSSR count). The molecule has 33 heavy (non-hydrogen) atoms. The van der Waals surface area contributed by atoms with Gasteiger partial charge in [-0.1, -0.05) is 116 Å². The number of unbranched alkanes of at least 4 members (excludes halogenated alkanes) is 16. The first-order valence-corrected chi connectivity index (χ1v) is 16.3. The van der Waals surface area contributed by atoms with Crippen LogP contribution >= 0.6 is 0 Å². The van der Waals surface area contributed by atoms with E-state index in [4.69, 9.17) is 13.3 Å². The lowest BCUT2D eigenvalue weighted by molar-refractivity contribution is 0.122. The zero-order valence-corrected chi connectivity index (χ0v) is 24.6. The third-order valence-corrected chi connectivity index (χ3v) is 10.2. The largest absolute Gasteiger partial charge is 0.500 e. The van der Waals surface area contributed by atoms with Gasteiger partial charge in [-0.05, 0) is 33.4 Å². The van der Waals surface area contributed by atoms with Gasteiger partial charge in [0.25, 0.3) is 0 Å². The molecule has 0 fully saturated rings. The highest BCUT2D eigenvalue weighted by molar-refractivity contribution is 6.60. The summed E-state index contributed by atoms with van der Waals surface area (Å²) in [4.78, 5) is 2.43. The van der Waals surface area contributed by atoms with Gasteiger partial charge in [0.1, 0.15) is 0 Å². The highest BCUT2D eigenvalue weighted by atomic mass is 28.4. The van der Waals surface area contributed by atoms with Crippen LogP contribution in [-0.2, 0) is 13.3 Å². The summed E-state index contributed by atoms with van der Waals surface area (Å²) in [5.74, 6) is 0. The fraction of sp³-hybridized carbons (Fsp3) is 1.00. The summed E-state index contributed by atoms with van der Waals surface area (Å²) in [5, 5.41) is 0. The van der Waals surface area contributed by atoms with Crippen molar-refractivity contribution in [3.63, 3.8) is 0 Å². The SMILES string of the molecule is CCCCCCCCCCCCCCCCCC(CCCCC[Si](OC)(OC)OC)N(C)C.